The first-order chi connectivity index (χ1) is 7.74. The summed E-state index contributed by atoms with van der Waals surface area (Å²) in [6.45, 7) is 3.63. The summed E-state index contributed by atoms with van der Waals surface area (Å²) in [4.78, 5) is 2.39. The van der Waals surface area contributed by atoms with Gasteiger partial charge in [-0.1, -0.05) is 0 Å². The van der Waals surface area contributed by atoms with Crippen LogP contribution in [0.25, 0.3) is 0 Å². The van der Waals surface area contributed by atoms with Crippen LogP contribution in [0.4, 0.5) is 0 Å². The lowest BCUT2D eigenvalue weighted by Gasteiger charge is -2.17. The summed E-state index contributed by atoms with van der Waals surface area (Å²) in [5.74, 6) is 0. The van der Waals surface area contributed by atoms with E-state index in [4.69, 9.17) is 17.0 Å². The Labute approximate surface area is 104 Å². The molecule has 0 aliphatic heterocycles. The van der Waals surface area contributed by atoms with E-state index >= 15 is 0 Å². The Balaban J connectivity index is 1.89. The second kappa shape index (κ2) is 7.81. The normalized spacial score (nSPS) is 15.2. The molecule has 1 saturated carbocycles. The quantitative estimate of drug-likeness (QED) is 0.483. The van der Waals surface area contributed by atoms with Crippen molar-refractivity contribution in [2.75, 3.05) is 40.4 Å². The fourth-order valence-corrected chi connectivity index (χ4v) is 1.73. The van der Waals surface area contributed by atoms with Gasteiger partial charge in [0.25, 0.3) is 0 Å². The number of likely N-dealkylation sites (N-methyl/N-ethyl adjacent to an activating group) is 1. The van der Waals surface area contributed by atoms with Gasteiger partial charge in [0, 0.05) is 39.4 Å². The standard InChI is InChI=1S/C11H23N3OS/c1-14(10-4-5-10)8-7-13-11(16)12-6-3-9-15-2/h10H,3-9H2,1-2H3,(H2,12,13,16). The summed E-state index contributed by atoms with van der Waals surface area (Å²) in [5.41, 5.74) is 0. The van der Waals surface area contributed by atoms with E-state index in [2.05, 4.69) is 22.6 Å². The second-order valence-corrected chi connectivity index (χ2v) is 4.65. The van der Waals surface area contributed by atoms with E-state index in [9.17, 15) is 0 Å². The highest BCUT2D eigenvalue weighted by molar-refractivity contribution is 7.80. The van der Waals surface area contributed by atoms with Crippen molar-refractivity contribution >= 4 is 17.3 Å². The molecular weight excluding hydrogens is 222 g/mol. The topological polar surface area (TPSA) is 36.5 Å². The molecule has 1 rings (SSSR count). The van der Waals surface area contributed by atoms with Crippen molar-refractivity contribution in [3.8, 4) is 0 Å². The van der Waals surface area contributed by atoms with Gasteiger partial charge in [-0.3, -0.25) is 0 Å². The van der Waals surface area contributed by atoms with E-state index in [1.54, 1.807) is 7.11 Å². The maximum Gasteiger partial charge on any atom is 0.166 e. The molecule has 1 aliphatic rings. The lowest BCUT2D eigenvalue weighted by atomic mass is 10.4. The van der Waals surface area contributed by atoms with Crippen LogP contribution in [-0.4, -0.2) is 56.5 Å². The number of thiocarbonyl (C=S) groups is 1. The molecule has 0 saturated heterocycles. The van der Waals surface area contributed by atoms with Gasteiger partial charge in [0.2, 0.25) is 0 Å². The average molecular weight is 245 g/mol. The van der Waals surface area contributed by atoms with E-state index in [1.807, 2.05) is 0 Å². The Bertz CT molecular complexity index is 209. The van der Waals surface area contributed by atoms with Crippen LogP contribution in [0.5, 0.6) is 0 Å². The molecule has 1 fully saturated rings. The fourth-order valence-electron chi connectivity index (χ4n) is 1.52. The van der Waals surface area contributed by atoms with Crippen molar-refractivity contribution in [2.24, 2.45) is 0 Å². The van der Waals surface area contributed by atoms with E-state index < -0.39 is 0 Å². The predicted molar refractivity (Wildman–Crippen MR) is 70.7 cm³/mol. The van der Waals surface area contributed by atoms with E-state index in [0.29, 0.717) is 0 Å². The minimum Gasteiger partial charge on any atom is -0.385 e. The summed E-state index contributed by atoms with van der Waals surface area (Å²) in [7, 11) is 3.89. The Hall–Kier alpha value is -0.390. The molecule has 4 nitrogen and oxygen atoms in total. The molecule has 0 unspecified atom stereocenters. The maximum atomic E-state index is 5.16. The van der Waals surface area contributed by atoms with Crippen molar-refractivity contribution in [3.05, 3.63) is 0 Å². The van der Waals surface area contributed by atoms with Crippen LogP contribution in [0.2, 0.25) is 0 Å². The highest BCUT2D eigenvalue weighted by atomic mass is 32.1. The molecular formula is C11H23N3OS. The minimum absolute atomic E-state index is 0.750. The van der Waals surface area contributed by atoms with E-state index in [0.717, 1.165) is 43.8 Å². The highest BCUT2D eigenvalue weighted by Gasteiger charge is 2.25. The van der Waals surface area contributed by atoms with Gasteiger partial charge < -0.3 is 20.3 Å². The van der Waals surface area contributed by atoms with Gasteiger partial charge in [-0.2, -0.15) is 0 Å². The van der Waals surface area contributed by atoms with Crippen LogP contribution in [0.3, 0.4) is 0 Å². The molecule has 0 bridgehead atoms. The predicted octanol–water partition coefficient (Wildman–Crippen LogP) is 0.581. The number of rotatable bonds is 8. The Morgan fingerprint density at radius 3 is 2.69 bits per heavy atom. The molecule has 0 aromatic carbocycles. The van der Waals surface area contributed by atoms with Crippen LogP contribution >= 0.6 is 12.2 Å². The molecule has 0 aromatic rings. The molecule has 5 heteroatoms. The third-order valence-electron chi connectivity index (χ3n) is 2.73. The van der Waals surface area contributed by atoms with Crippen molar-refractivity contribution in [3.63, 3.8) is 0 Å². The Morgan fingerprint density at radius 1 is 1.38 bits per heavy atom. The molecule has 16 heavy (non-hydrogen) atoms. The number of nitrogens with one attached hydrogen (secondary N) is 2. The first-order valence-corrected chi connectivity index (χ1v) is 6.35. The number of ether oxygens (including phenoxy) is 1. The molecule has 94 valence electrons. The smallest absolute Gasteiger partial charge is 0.166 e. The fraction of sp³-hybridized carbons (Fsp3) is 0.909. The number of nitrogens with zero attached hydrogens (tertiary/aromatic N) is 1. The van der Waals surface area contributed by atoms with E-state index in [1.165, 1.54) is 12.8 Å². The zero-order valence-corrected chi connectivity index (χ0v) is 11.1. The second-order valence-electron chi connectivity index (χ2n) is 4.24. The van der Waals surface area contributed by atoms with Gasteiger partial charge >= 0.3 is 0 Å². The first kappa shape index (κ1) is 13.7. The maximum absolute atomic E-state index is 5.16. The van der Waals surface area contributed by atoms with E-state index in [-0.39, 0.29) is 0 Å². The van der Waals surface area contributed by atoms with Gasteiger partial charge in [0.15, 0.2) is 5.11 Å². The molecule has 0 amide bonds. The molecule has 2 N–H and O–H groups in total. The van der Waals surface area contributed by atoms with Crippen molar-refractivity contribution in [1.29, 1.82) is 0 Å². The van der Waals surface area contributed by atoms with Crippen molar-refractivity contribution < 1.29 is 4.74 Å². The molecule has 0 spiro atoms. The summed E-state index contributed by atoms with van der Waals surface area (Å²) in [6.07, 6.45) is 3.70. The molecule has 0 aromatic heterocycles. The molecule has 0 atom stereocenters. The minimum atomic E-state index is 0.750. The largest absolute Gasteiger partial charge is 0.385 e. The van der Waals surface area contributed by atoms with Crippen LogP contribution < -0.4 is 10.6 Å². The lowest BCUT2D eigenvalue weighted by molar-refractivity contribution is 0.195. The third kappa shape index (κ3) is 6.25. The summed E-state index contributed by atoms with van der Waals surface area (Å²) in [6, 6.07) is 0.824. The van der Waals surface area contributed by atoms with Gasteiger partial charge in [0.05, 0.1) is 0 Å². The van der Waals surface area contributed by atoms with Crippen LogP contribution in [0.15, 0.2) is 0 Å². The number of methoxy groups -OCH3 is 1. The SMILES string of the molecule is COCCCNC(=S)NCCN(C)C1CC1. The third-order valence-corrected chi connectivity index (χ3v) is 3.02. The average Bonchev–Trinajstić information content (AvgIpc) is 3.08. The lowest BCUT2D eigenvalue weighted by Crippen LogP contribution is -2.40. The first-order valence-electron chi connectivity index (χ1n) is 5.95. The Kier molecular flexibility index (Phi) is 6.68. The monoisotopic (exact) mass is 245 g/mol. The summed E-state index contributed by atoms with van der Waals surface area (Å²) >= 11 is 5.16. The van der Waals surface area contributed by atoms with Crippen molar-refractivity contribution in [1.82, 2.24) is 15.5 Å². The van der Waals surface area contributed by atoms with Crippen LogP contribution in [0, 0.1) is 0 Å². The van der Waals surface area contributed by atoms with Gasteiger partial charge in [0.1, 0.15) is 0 Å². The zero-order chi connectivity index (χ0) is 11.8. The van der Waals surface area contributed by atoms with Gasteiger partial charge in [-0.05, 0) is 38.5 Å². The number of hydrogen-bond acceptors (Lipinski definition) is 3. The highest BCUT2D eigenvalue weighted by Crippen LogP contribution is 2.24. The summed E-state index contributed by atoms with van der Waals surface area (Å²) < 4.78 is 4.96. The molecule has 1 aliphatic carbocycles. The van der Waals surface area contributed by atoms with Gasteiger partial charge in [-0.25, -0.2) is 0 Å². The summed E-state index contributed by atoms with van der Waals surface area (Å²) in [5, 5.41) is 7.12. The molecule has 0 radical (unpaired) electrons. The van der Waals surface area contributed by atoms with Crippen LogP contribution in [-0.2, 0) is 4.74 Å². The zero-order valence-electron chi connectivity index (χ0n) is 10.3. The van der Waals surface area contributed by atoms with Crippen molar-refractivity contribution in [2.45, 2.75) is 25.3 Å². The van der Waals surface area contributed by atoms with Gasteiger partial charge in [-0.15, -0.1) is 0 Å². The number of hydrogen-bond donors (Lipinski definition) is 2. The molecule has 0 heterocycles. The van der Waals surface area contributed by atoms with Crippen LogP contribution in [0.1, 0.15) is 19.3 Å². The Morgan fingerprint density at radius 2 is 2.06 bits per heavy atom.